The van der Waals surface area contributed by atoms with Gasteiger partial charge in [-0.15, -0.1) is 0 Å². The number of hydrogen-bond acceptors (Lipinski definition) is 1. The van der Waals surface area contributed by atoms with E-state index in [1.165, 1.54) is 33.4 Å². The third kappa shape index (κ3) is 9.22. The van der Waals surface area contributed by atoms with Crippen LogP contribution in [0, 0.1) is 6.92 Å². The van der Waals surface area contributed by atoms with Crippen molar-refractivity contribution in [2.45, 2.75) is 66.7 Å². The van der Waals surface area contributed by atoms with E-state index in [0.717, 1.165) is 37.5 Å². The van der Waals surface area contributed by atoms with E-state index in [0.29, 0.717) is 6.42 Å². The maximum absolute atomic E-state index is 10.6. The summed E-state index contributed by atoms with van der Waals surface area (Å²) in [6, 6.07) is 8.37. The molecule has 0 heterocycles. The lowest BCUT2D eigenvalue weighted by atomic mass is 9.94. The van der Waals surface area contributed by atoms with Crippen molar-refractivity contribution >= 4 is 12.4 Å². The summed E-state index contributed by atoms with van der Waals surface area (Å²) in [5.41, 5.74) is 8.64. The van der Waals surface area contributed by atoms with Gasteiger partial charge in [-0.05, 0) is 80.9 Å². The van der Waals surface area contributed by atoms with Gasteiger partial charge in [-0.2, -0.15) is 0 Å². The third-order valence-electron chi connectivity index (χ3n) is 5.18. The number of allylic oxidation sites excluding steroid dienone is 10. The minimum atomic E-state index is 0.632. The lowest BCUT2D eigenvalue weighted by Gasteiger charge is -2.11. The van der Waals surface area contributed by atoms with Crippen LogP contribution >= 0.6 is 0 Å². The molecule has 1 aromatic rings. The molecule has 0 aliphatic heterocycles. The molecule has 0 amide bonds. The summed E-state index contributed by atoms with van der Waals surface area (Å²) < 4.78 is 0. The van der Waals surface area contributed by atoms with Crippen molar-refractivity contribution in [3.8, 4) is 0 Å². The molecule has 1 aromatic carbocycles. The molecule has 0 bridgehead atoms. The van der Waals surface area contributed by atoms with Crippen molar-refractivity contribution in [3.63, 3.8) is 0 Å². The molecule has 1 heteroatoms. The Balaban J connectivity index is 3.17. The van der Waals surface area contributed by atoms with Crippen molar-refractivity contribution in [1.82, 2.24) is 0 Å². The number of hydrogen-bond donors (Lipinski definition) is 0. The van der Waals surface area contributed by atoms with Crippen LogP contribution in [0.4, 0.5) is 0 Å². The lowest BCUT2D eigenvalue weighted by Crippen LogP contribution is -1.92. The van der Waals surface area contributed by atoms with Crippen LogP contribution in [0.1, 0.15) is 70.9 Å². The van der Waals surface area contributed by atoms with Crippen LogP contribution in [0.3, 0.4) is 0 Å². The van der Waals surface area contributed by atoms with Gasteiger partial charge in [0.1, 0.15) is 6.29 Å². The minimum absolute atomic E-state index is 0.632. The number of carbonyl (C=O) groups excluding carboxylic acids is 1. The van der Waals surface area contributed by atoms with Crippen LogP contribution in [0.25, 0.3) is 6.08 Å². The number of rotatable bonds is 12. The second kappa shape index (κ2) is 14.3. The van der Waals surface area contributed by atoms with E-state index in [-0.39, 0.29) is 0 Å². The van der Waals surface area contributed by atoms with Crippen molar-refractivity contribution in [2.75, 3.05) is 0 Å². The van der Waals surface area contributed by atoms with Crippen LogP contribution < -0.4 is 0 Å². The van der Waals surface area contributed by atoms with Crippen molar-refractivity contribution < 1.29 is 4.79 Å². The number of unbranched alkanes of at least 4 members (excludes halogenated alkanes) is 1. The van der Waals surface area contributed by atoms with Gasteiger partial charge in [-0.1, -0.05) is 85.7 Å². The van der Waals surface area contributed by atoms with Gasteiger partial charge >= 0.3 is 0 Å². The van der Waals surface area contributed by atoms with Gasteiger partial charge in [0.2, 0.25) is 0 Å². The van der Waals surface area contributed by atoms with Crippen LogP contribution in [0.2, 0.25) is 0 Å². The predicted octanol–water partition coefficient (Wildman–Crippen LogP) is 8.50. The predicted molar refractivity (Wildman–Crippen MR) is 134 cm³/mol. The Hall–Kier alpha value is -2.67. The van der Waals surface area contributed by atoms with E-state index in [1.54, 1.807) is 0 Å². The molecule has 30 heavy (non-hydrogen) atoms. The normalized spacial score (nSPS) is 13.8. The zero-order valence-corrected chi connectivity index (χ0v) is 19.5. The highest BCUT2D eigenvalue weighted by Crippen LogP contribution is 2.24. The van der Waals surface area contributed by atoms with E-state index >= 15 is 0 Å². The lowest BCUT2D eigenvalue weighted by molar-refractivity contribution is -0.107. The number of aldehydes is 1. The molecule has 0 aliphatic rings. The fourth-order valence-corrected chi connectivity index (χ4v) is 3.25. The van der Waals surface area contributed by atoms with Gasteiger partial charge in [0.05, 0.1) is 0 Å². The van der Waals surface area contributed by atoms with Gasteiger partial charge in [0, 0.05) is 6.42 Å². The highest BCUT2D eigenvalue weighted by molar-refractivity contribution is 5.59. The zero-order chi connectivity index (χ0) is 22.4. The molecular weight excluding hydrogens is 364 g/mol. The minimum Gasteiger partial charge on any atom is -0.303 e. The Kier molecular flexibility index (Phi) is 12.1. The summed E-state index contributed by atoms with van der Waals surface area (Å²) in [5.74, 6) is 0. The molecule has 0 saturated heterocycles. The zero-order valence-electron chi connectivity index (χ0n) is 19.5. The second-order valence-corrected chi connectivity index (χ2v) is 7.81. The van der Waals surface area contributed by atoms with Crippen LogP contribution in [-0.4, -0.2) is 6.29 Å². The third-order valence-corrected chi connectivity index (χ3v) is 5.18. The fourth-order valence-electron chi connectivity index (χ4n) is 3.25. The Morgan fingerprint density at radius 2 is 1.80 bits per heavy atom. The average molecular weight is 403 g/mol. The van der Waals surface area contributed by atoms with E-state index in [1.807, 2.05) is 0 Å². The largest absolute Gasteiger partial charge is 0.303 e. The first-order valence-electron chi connectivity index (χ1n) is 11.0. The molecule has 0 spiro atoms. The van der Waals surface area contributed by atoms with Crippen molar-refractivity contribution in [3.05, 3.63) is 100 Å². The molecule has 0 radical (unpaired) electrons. The van der Waals surface area contributed by atoms with Gasteiger partial charge in [-0.3, -0.25) is 0 Å². The van der Waals surface area contributed by atoms with Crippen molar-refractivity contribution in [2.24, 2.45) is 0 Å². The maximum atomic E-state index is 10.6. The topological polar surface area (TPSA) is 17.1 Å². The SMILES string of the molecule is C=C(/C=C/c1ccccc1C)/C=C(\C=C/C)C(=C/C(C)=C(\C)CCCC=O)/CCC. The van der Waals surface area contributed by atoms with E-state index < -0.39 is 0 Å². The van der Waals surface area contributed by atoms with E-state index in [4.69, 9.17) is 0 Å². The first kappa shape index (κ1) is 25.4. The highest BCUT2D eigenvalue weighted by atomic mass is 16.1. The second-order valence-electron chi connectivity index (χ2n) is 7.81. The van der Waals surface area contributed by atoms with E-state index in [2.05, 4.69) is 102 Å². The number of carbonyl (C=O) groups is 1. The monoisotopic (exact) mass is 402 g/mol. The Bertz CT molecular complexity index is 856. The van der Waals surface area contributed by atoms with Crippen LogP contribution in [0.15, 0.2) is 89.1 Å². The fraction of sp³-hybridized carbons (Fsp3) is 0.345. The summed E-state index contributed by atoms with van der Waals surface area (Å²) in [7, 11) is 0. The molecule has 0 N–H and O–H groups in total. The van der Waals surface area contributed by atoms with Crippen LogP contribution in [0.5, 0.6) is 0 Å². The Morgan fingerprint density at radius 1 is 1.07 bits per heavy atom. The summed E-state index contributed by atoms with van der Waals surface area (Å²) in [6.07, 6.45) is 18.6. The van der Waals surface area contributed by atoms with Gasteiger partial charge in [0.15, 0.2) is 0 Å². The molecule has 1 rings (SSSR count). The van der Waals surface area contributed by atoms with Gasteiger partial charge in [-0.25, -0.2) is 0 Å². The number of aryl methyl sites for hydroxylation is 1. The molecule has 0 atom stereocenters. The maximum Gasteiger partial charge on any atom is 0.120 e. The summed E-state index contributed by atoms with van der Waals surface area (Å²) in [5, 5.41) is 0. The summed E-state index contributed by atoms with van der Waals surface area (Å²) in [4.78, 5) is 10.6. The van der Waals surface area contributed by atoms with Crippen molar-refractivity contribution in [1.29, 1.82) is 0 Å². The molecule has 0 aliphatic carbocycles. The molecule has 0 fully saturated rings. The summed E-state index contributed by atoms with van der Waals surface area (Å²) in [6.45, 7) is 15.0. The Labute approximate surface area is 184 Å². The molecular formula is C29H38O. The standard InChI is InChI=1S/C29H38O/c1-7-13-28(21-23(3)18-19-27-17-10-9-16-25(27)5)29(14-8-2)22-26(6)24(4)15-11-12-20-30/h7,9-10,13,16-22H,3,8,11-12,14-15H2,1-2,4-6H3/b13-7-,19-18+,26-24+,28-21+,29-22+. The average Bonchev–Trinajstić information content (AvgIpc) is 2.72. The Morgan fingerprint density at radius 3 is 2.43 bits per heavy atom. The van der Waals surface area contributed by atoms with Crippen LogP contribution in [-0.2, 0) is 4.79 Å². The first-order valence-corrected chi connectivity index (χ1v) is 11.0. The summed E-state index contributed by atoms with van der Waals surface area (Å²) >= 11 is 0. The molecule has 1 nitrogen and oxygen atoms in total. The number of benzene rings is 1. The molecule has 0 unspecified atom stereocenters. The molecule has 0 saturated carbocycles. The molecule has 0 aromatic heterocycles. The van der Waals surface area contributed by atoms with E-state index in [9.17, 15) is 4.79 Å². The molecule has 160 valence electrons. The van der Waals surface area contributed by atoms with Gasteiger partial charge in [0.25, 0.3) is 0 Å². The quantitative estimate of drug-likeness (QED) is 0.194. The first-order chi connectivity index (χ1) is 14.4. The smallest absolute Gasteiger partial charge is 0.120 e. The highest BCUT2D eigenvalue weighted by Gasteiger charge is 2.04. The van der Waals surface area contributed by atoms with Gasteiger partial charge < -0.3 is 4.79 Å².